The second-order valence-electron chi connectivity index (χ2n) is 4.14. The van der Waals surface area contributed by atoms with E-state index in [1.807, 2.05) is 13.0 Å². The molecular weight excluding hydrogens is 313 g/mol. The van der Waals surface area contributed by atoms with E-state index in [4.69, 9.17) is 5.11 Å². The lowest BCUT2D eigenvalue weighted by Gasteiger charge is -2.07. The average molecular weight is 324 g/mol. The quantitative estimate of drug-likeness (QED) is 0.824. The summed E-state index contributed by atoms with van der Waals surface area (Å²) >= 11 is 3.31. The van der Waals surface area contributed by atoms with E-state index >= 15 is 0 Å². The molecule has 0 heterocycles. The molecule has 5 heteroatoms. The monoisotopic (exact) mass is 323 g/mol. The molecule has 3 nitrogen and oxygen atoms in total. The number of anilines is 1. The summed E-state index contributed by atoms with van der Waals surface area (Å²) in [5.74, 6) is -1.56. The number of hydrogen-bond donors (Lipinski definition) is 2. The van der Waals surface area contributed by atoms with Crippen LogP contribution in [0.5, 0.6) is 5.75 Å². The summed E-state index contributed by atoms with van der Waals surface area (Å²) in [4.78, 5) is 12.0. The highest BCUT2D eigenvalue weighted by Gasteiger charge is 2.09. The van der Waals surface area contributed by atoms with E-state index in [0.29, 0.717) is 5.56 Å². The summed E-state index contributed by atoms with van der Waals surface area (Å²) in [7, 11) is 0. The third-order valence-electron chi connectivity index (χ3n) is 2.51. The molecule has 19 heavy (non-hydrogen) atoms. The van der Waals surface area contributed by atoms with E-state index in [1.54, 1.807) is 12.1 Å². The molecule has 0 aliphatic heterocycles. The van der Waals surface area contributed by atoms with Gasteiger partial charge in [-0.15, -0.1) is 0 Å². The molecule has 0 aliphatic carbocycles. The number of rotatable bonds is 2. The molecule has 0 aromatic heterocycles. The van der Waals surface area contributed by atoms with Gasteiger partial charge in [-0.05, 0) is 42.8 Å². The fraction of sp³-hybridized carbons (Fsp3) is 0.0714. The highest BCUT2D eigenvalue weighted by atomic mass is 79.9. The number of aromatic hydroxyl groups is 1. The van der Waals surface area contributed by atoms with Crippen LogP contribution in [0, 0.1) is 12.7 Å². The van der Waals surface area contributed by atoms with E-state index in [9.17, 15) is 9.18 Å². The van der Waals surface area contributed by atoms with Gasteiger partial charge in [0.2, 0.25) is 0 Å². The molecule has 98 valence electrons. The first kappa shape index (κ1) is 13.5. The van der Waals surface area contributed by atoms with E-state index in [0.717, 1.165) is 16.1 Å². The molecule has 2 aromatic carbocycles. The smallest absolute Gasteiger partial charge is 0.255 e. The molecule has 0 saturated heterocycles. The first-order valence-electron chi connectivity index (χ1n) is 5.53. The maximum atomic E-state index is 13.2. The van der Waals surface area contributed by atoms with Crippen LogP contribution in [-0.4, -0.2) is 11.0 Å². The van der Waals surface area contributed by atoms with Gasteiger partial charge in [-0.1, -0.05) is 15.9 Å². The number of amides is 1. The maximum Gasteiger partial charge on any atom is 0.255 e. The molecule has 0 spiro atoms. The van der Waals surface area contributed by atoms with Gasteiger partial charge >= 0.3 is 0 Å². The van der Waals surface area contributed by atoms with Crippen molar-refractivity contribution < 1.29 is 14.3 Å². The molecule has 0 saturated carbocycles. The van der Waals surface area contributed by atoms with Crippen molar-refractivity contribution in [3.63, 3.8) is 0 Å². The molecule has 0 bridgehead atoms. The van der Waals surface area contributed by atoms with Gasteiger partial charge in [0, 0.05) is 21.8 Å². The fourth-order valence-corrected chi connectivity index (χ4v) is 2.26. The summed E-state index contributed by atoms with van der Waals surface area (Å²) in [6, 6.07) is 8.99. The number of halogens is 2. The maximum absolute atomic E-state index is 13.2. The first-order chi connectivity index (χ1) is 8.95. The third-order valence-corrected chi connectivity index (χ3v) is 2.97. The Morgan fingerprint density at radius 1 is 1.26 bits per heavy atom. The fourth-order valence-electron chi connectivity index (χ4n) is 1.66. The lowest BCUT2D eigenvalue weighted by Crippen LogP contribution is -2.12. The molecular formula is C14H11BrFNO2. The van der Waals surface area contributed by atoms with Crippen molar-refractivity contribution in [1.82, 2.24) is 0 Å². The van der Waals surface area contributed by atoms with Gasteiger partial charge in [-0.25, -0.2) is 4.39 Å². The second-order valence-corrected chi connectivity index (χ2v) is 5.05. The van der Waals surface area contributed by atoms with Crippen molar-refractivity contribution in [2.75, 3.05) is 5.32 Å². The molecule has 0 atom stereocenters. The van der Waals surface area contributed by atoms with Crippen molar-refractivity contribution >= 4 is 27.5 Å². The second kappa shape index (κ2) is 5.40. The lowest BCUT2D eigenvalue weighted by molar-refractivity contribution is 0.102. The van der Waals surface area contributed by atoms with E-state index < -0.39 is 11.6 Å². The van der Waals surface area contributed by atoms with Crippen molar-refractivity contribution in [2.24, 2.45) is 0 Å². The number of phenols is 1. The Balaban J connectivity index is 2.22. The zero-order chi connectivity index (χ0) is 14.0. The highest BCUT2D eigenvalue weighted by molar-refractivity contribution is 9.10. The van der Waals surface area contributed by atoms with Crippen LogP contribution in [0.1, 0.15) is 15.9 Å². The number of benzene rings is 2. The van der Waals surface area contributed by atoms with Crippen LogP contribution < -0.4 is 5.32 Å². The van der Waals surface area contributed by atoms with Gasteiger partial charge in [-0.2, -0.15) is 0 Å². The summed E-state index contributed by atoms with van der Waals surface area (Å²) in [5.41, 5.74) is 1.70. The van der Waals surface area contributed by atoms with Crippen molar-refractivity contribution in [2.45, 2.75) is 6.92 Å². The Bertz CT molecular complexity index is 623. The van der Waals surface area contributed by atoms with Crippen LogP contribution in [0.2, 0.25) is 0 Å². The molecule has 0 unspecified atom stereocenters. The number of phenolic OH excluding ortho intramolecular Hbond substituents is 1. The van der Waals surface area contributed by atoms with Gasteiger partial charge in [0.15, 0.2) is 11.6 Å². The molecule has 2 aromatic rings. The lowest BCUT2D eigenvalue weighted by atomic mass is 10.1. The topological polar surface area (TPSA) is 49.3 Å². The summed E-state index contributed by atoms with van der Waals surface area (Å²) < 4.78 is 14.0. The van der Waals surface area contributed by atoms with Gasteiger partial charge in [0.25, 0.3) is 5.91 Å². The minimum atomic E-state index is -0.775. The van der Waals surface area contributed by atoms with Crippen LogP contribution in [0.4, 0.5) is 10.1 Å². The summed E-state index contributed by atoms with van der Waals surface area (Å²) in [6.45, 7) is 1.88. The predicted octanol–water partition coefficient (Wildman–Crippen LogP) is 3.85. The number of aryl methyl sites for hydroxylation is 1. The van der Waals surface area contributed by atoms with Crippen LogP contribution in [0.3, 0.4) is 0 Å². The van der Waals surface area contributed by atoms with Gasteiger partial charge in [0.1, 0.15) is 0 Å². The molecule has 0 radical (unpaired) electrons. The molecule has 0 fully saturated rings. The van der Waals surface area contributed by atoms with Crippen LogP contribution in [-0.2, 0) is 0 Å². The number of hydrogen-bond acceptors (Lipinski definition) is 2. The average Bonchev–Trinajstić information content (AvgIpc) is 2.32. The Hall–Kier alpha value is -1.88. The zero-order valence-electron chi connectivity index (χ0n) is 10.1. The third kappa shape index (κ3) is 3.32. The largest absolute Gasteiger partial charge is 0.505 e. The SMILES string of the molecule is Cc1cc(Br)cc(C(=O)Nc2ccc(O)c(F)c2)c1. The Morgan fingerprint density at radius 3 is 2.63 bits per heavy atom. The van der Waals surface area contributed by atoms with Crippen LogP contribution >= 0.6 is 15.9 Å². The van der Waals surface area contributed by atoms with E-state index in [-0.39, 0.29) is 11.6 Å². The van der Waals surface area contributed by atoms with Crippen molar-refractivity contribution in [3.8, 4) is 5.75 Å². The number of nitrogens with one attached hydrogen (secondary N) is 1. The summed E-state index contributed by atoms with van der Waals surface area (Å²) in [5, 5.41) is 11.6. The standard InChI is InChI=1S/C14H11BrFNO2/c1-8-4-9(6-10(15)5-8)14(19)17-11-2-3-13(18)12(16)7-11/h2-7,18H,1H3,(H,17,19). The predicted molar refractivity (Wildman–Crippen MR) is 74.9 cm³/mol. The van der Waals surface area contributed by atoms with Crippen molar-refractivity contribution in [3.05, 3.63) is 57.8 Å². The summed E-state index contributed by atoms with van der Waals surface area (Å²) in [6.07, 6.45) is 0. The molecule has 2 rings (SSSR count). The Morgan fingerprint density at radius 2 is 2.00 bits per heavy atom. The van der Waals surface area contributed by atoms with Crippen molar-refractivity contribution in [1.29, 1.82) is 0 Å². The first-order valence-corrected chi connectivity index (χ1v) is 6.32. The van der Waals surface area contributed by atoms with Gasteiger partial charge < -0.3 is 10.4 Å². The number of carbonyl (C=O) groups is 1. The normalized spacial score (nSPS) is 10.3. The molecule has 2 N–H and O–H groups in total. The van der Waals surface area contributed by atoms with Crippen LogP contribution in [0.15, 0.2) is 40.9 Å². The van der Waals surface area contributed by atoms with E-state index in [1.165, 1.54) is 12.1 Å². The number of carbonyl (C=O) groups excluding carboxylic acids is 1. The Kier molecular flexibility index (Phi) is 3.85. The van der Waals surface area contributed by atoms with Gasteiger partial charge in [-0.3, -0.25) is 4.79 Å². The van der Waals surface area contributed by atoms with Gasteiger partial charge in [0.05, 0.1) is 0 Å². The minimum Gasteiger partial charge on any atom is -0.505 e. The highest BCUT2D eigenvalue weighted by Crippen LogP contribution is 2.21. The molecule has 0 aliphatic rings. The Labute approximate surface area is 118 Å². The minimum absolute atomic E-state index is 0.290. The molecule has 1 amide bonds. The van der Waals surface area contributed by atoms with Crippen LogP contribution in [0.25, 0.3) is 0 Å². The van der Waals surface area contributed by atoms with E-state index in [2.05, 4.69) is 21.2 Å². The zero-order valence-corrected chi connectivity index (χ0v) is 11.7.